The van der Waals surface area contributed by atoms with E-state index in [0.717, 1.165) is 5.56 Å². The number of nitrogens with zero attached hydrogens (tertiary/aromatic N) is 1. The molecule has 3 N–H and O–H groups in total. The number of pyridine rings is 1. The summed E-state index contributed by atoms with van der Waals surface area (Å²) in [5.41, 5.74) is 2.84. The second kappa shape index (κ2) is 15.1. The number of benzene rings is 3. The number of hydrogen-bond donors (Lipinski definition) is 3. The fourth-order valence-corrected chi connectivity index (χ4v) is 4.78. The van der Waals surface area contributed by atoms with E-state index in [1.165, 1.54) is 18.2 Å². The first-order valence-corrected chi connectivity index (χ1v) is 14.5. The number of rotatable bonds is 12. The Morgan fingerprint density at radius 2 is 1.65 bits per heavy atom. The van der Waals surface area contributed by atoms with Crippen LogP contribution in [0.5, 0.6) is 0 Å². The van der Waals surface area contributed by atoms with Crippen molar-refractivity contribution >= 4 is 52.0 Å². The van der Waals surface area contributed by atoms with Crippen molar-refractivity contribution < 1.29 is 18.8 Å². The van der Waals surface area contributed by atoms with Crippen molar-refractivity contribution in [1.29, 1.82) is 0 Å². The summed E-state index contributed by atoms with van der Waals surface area (Å²) >= 11 is 6.12. The van der Waals surface area contributed by atoms with Crippen LogP contribution in [0.2, 0.25) is 5.02 Å². The summed E-state index contributed by atoms with van der Waals surface area (Å²) in [5.74, 6) is -1.61. The van der Waals surface area contributed by atoms with E-state index >= 15 is 0 Å². The molecule has 0 saturated heterocycles. The van der Waals surface area contributed by atoms with E-state index in [-0.39, 0.29) is 11.7 Å². The highest BCUT2D eigenvalue weighted by Gasteiger charge is 2.27. The third-order valence-corrected chi connectivity index (χ3v) is 7.03. The summed E-state index contributed by atoms with van der Waals surface area (Å²) in [6.45, 7) is 3.89. The predicted molar refractivity (Wildman–Crippen MR) is 169 cm³/mol. The number of aromatic nitrogens is 1. The van der Waals surface area contributed by atoms with Gasteiger partial charge >= 0.3 is 0 Å². The topological polar surface area (TPSA) is 100 Å². The number of amides is 3. The molecule has 2 atom stereocenters. The fourth-order valence-electron chi connectivity index (χ4n) is 4.62. The minimum atomic E-state index is -0.885. The van der Waals surface area contributed by atoms with Crippen LogP contribution in [0.15, 0.2) is 91.1 Å². The summed E-state index contributed by atoms with van der Waals surface area (Å²) in [4.78, 5) is 44.3. The van der Waals surface area contributed by atoms with Crippen molar-refractivity contribution in [2.75, 3.05) is 5.32 Å². The number of hydrogen-bond acceptors (Lipinski definition) is 4. The zero-order valence-corrected chi connectivity index (χ0v) is 24.8. The Morgan fingerprint density at radius 3 is 2.37 bits per heavy atom. The molecular weight excluding hydrogens is 567 g/mol. The standard InChI is InChI=1S/C34H34ClFN4O3/c1-22(2)20-31(38-32(41)17-11-24-8-13-26(36)14-9-24)34(43)40-29(16-10-23-6-4-3-5-7-23)33(42)39-28-18-19-37-30-21-25(35)12-15-27(28)30/h3-9,11-15,17-19,21-22,29,31H,10,16,20H2,1-2H3,(H,38,41)(H,40,43)(H,37,39,42)/b17-11+/t29-,31-/m1/s1. The van der Waals surface area contributed by atoms with E-state index in [9.17, 15) is 18.8 Å². The Morgan fingerprint density at radius 1 is 0.907 bits per heavy atom. The van der Waals surface area contributed by atoms with Crippen LogP contribution in [-0.2, 0) is 20.8 Å². The van der Waals surface area contributed by atoms with Crippen molar-refractivity contribution in [3.8, 4) is 0 Å². The first-order chi connectivity index (χ1) is 20.7. The third kappa shape index (κ3) is 9.48. The van der Waals surface area contributed by atoms with Gasteiger partial charge in [-0.15, -0.1) is 0 Å². The molecule has 1 heterocycles. The molecule has 3 amide bonds. The molecule has 3 aromatic carbocycles. The lowest BCUT2D eigenvalue weighted by Crippen LogP contribution is -2.53. The van der Waals surface area contributed by atoms with Crippen LogP contribution in [-0.4, -0.2) is 34.8 Å². The van der Waals surface area contributed by atoms with Gasteiger partial charge in [0.15, 0.2) is 0 Å². The maximum absolute atomic E-state index is 13.6. The molecular formula is C34H34ClFN4O3. The van der Waals surface area contributed by atoms with Gasteiger partial charge in [0, 0.05) is 22.7 Å². The van der Waals surface area contributed by atoms with E-state index < -0.39 is 29.8 Å². The Labute approximate surface area is 255 Å². The van der Waals surface area contributed by atoms with E-state index in [1.807, 2.05) is 44.2 Å². The molecule has 43 heavy (non-hydrogen) atoms. The summed E-state index contributed by atoms with van der Waals surface area (Å²) in [6, 6.07) is 20.5. The molecule has 9 heteroatoms. The lowest BCUT2D eigenvalue weighted by Gasteiger charge is -2.24. The molecule has 222 valence electrons. The number of carbonyl (C=O) groups is 3. The zero-order valence-electron chi connectivity index (χ0n) is 24.0. The average molecular weight is 601 g/mol. The lowest BCUT2D eigenvalue weighted by molar-refractivity contribution is -0.130. The van der Waals surface area contributed by atoms with Crippen molar-refractivity contribution in [2.45, 2.75) is 45.2 Å². The van der Waals surface area contributed by atoms with E-state index in [2.05, 4.69) is 20.9 Å². The second-order valence-corrected chi connectivity index (χ2v) is 11.1. The van der Waals surface area contributed by atoms with Gasteiger partial charge < -0.3 is 16.0 Å². The Kier molecular flexibility index (Phi) is 11.0. The Bertz CT molecular complexity index is 1590. The van der Waals surface area contributed by atoms with Crippen LogP contribution >= 0.6 is 11.6 Å². The third-order valence-electron chi connectivity index (χ3n) is 6.80. The molecule has 0 aliphatic heterocycles. The number of carbonyl (C=O) groups excluding carboxylic acids is 3. The summed E-state index contributed by atoms with van der Waals surface area (Å²) < 4.78 is 13.2. The fraction of sp³-hybridized carbons (Fsp3) is 0.235. The van der Waals surface area contributed by atoms with Gasteiger partial charge in [-0.05, 0) is 78.8 Å². The maximum atomic E-state index is 13.6. The van der Waals surface area contributed by atoms with Gasteiger partial charge in [0.1, 0.15) is 17.9 Å². The van der Waals surface area contributed by atoms with Crippen molar-refractivity contribution in [1.82, 2.24) is 15.6 Å². The van der Waals surface area contributed by atoms with Crippen LogP contribution < -0.4 is 16.0 Å². The molecule has 0 radical (unpaired) electrons. The molecule has 0 unspecified atom stereocenters. The van der Waals surface area contributed by atoms with Gasteiger partial charge in [-0.2, -0.15) is 0 Å². The van der Waals surface area contributed by atoms with Crippen LogP contribution in [0.4, 0.5) is 10.1 Å². The molecule has 0 spiro atoms. The molecule has 1 aromatic heterocycles. The summed E-state index contributed by atoms with van der Waals surface area (Å²) in [7, 11) is 0. The molecule has 0 aliphatic rings. The molecule has 0 fully saturated rings. The van der Waals surface area contributed by atoms with E-state index in [4.69, 9.17) is 11.6 Å². The Balaban J connectivity index is 1.51. The quantitative estimate of drug-likeness (QED) is 0.166. The average Bonchev–Trinajstić information content (AvgIpc) is 2.98. The molecule has 0 bridgehead atoms. The first-order valence-electron chi connectivity index (χ1n) is 14.1. The number of halogens is 2. The minimum absolute atomic E-state index is 0.0868. The normalized spacial score (nSPS) is 12.7. The van der Waals surface area contributed by atoms with Gasteiger partial charge in [0.25, 0.3) is 0 Å². The monoisotopic (exact) mass is 600 g/mol. The van der Waals surface area contributed by atoms with Gasteiger partial charge in [-0.1, -0.05) is 67.9 Å². The van der Waals surface area contributed by atoms with Crippen LogP contribution in [0.25, 0.3) is 17.0 Å². The number of aryl methyl sites for hydroxylation is 1. The number of anilines is 1. The van der Waals surface area contributed by atoms with Crippen LogP contribution in [0.3, 0.4) is 0 Å². The predicted octanol–water partition coefficient (Wildman–Crippen LogP) is 6.33. The summed E-state index contributed by atoms with van der Waals surface area (Å²) in [5, 5.41) is 9.84. The zero-order chi connectivity index (χ0) is 30.8. The van der Waals surface area contributed by atoms with Gasteiger partial charge in [0.05, 0.1) is 11.2 Å². The second-order valence-electron chi connectivity index (χ2n) is 10.7. The van der Waals surface area contributed by atoms with Gasteiger partial charge in [-0.3, -0.25) is 19.4 Å². The van der Waals surface area contributed by atoms with Gasteiger partial charge in [0.2, 0.25) is 17.7 Å². The van der Waals surface area contributed by atoms with Crippen LogP contribution in [0.1, 0.15) is 37.8 Å². The first kappa shape index (κ1) is 31.4. The van der Waals surface area contributed by atoms with Crippen molar-refractivity contribution in [3.05, 3.63) is 113 Å². The number of fused-ring (bicyclic) bond motifs is 1. The number of nitrogens with one attached hydrogen (secondary N) is 3. The molecule has 4 rings (SSSR count). The van der Waals surface area contributed by atoms with E-state index in [0.29, 0.717) is 46.4 Å². The highest BCUT2D eigenvalue weighted by atomic mass is 35.5. The molecule has 7 nitrogen and oxygen atoms in total. The molecule has 0 aliphatic carbocycles. The maximum Gasteiger partial charge on any atom is 0.246 e. The van der Waals surface area contributed by atoms with Crippen molar-refractivity contribution in [2.24, 2.45) is 5.92 Å². The molecule has 4 aromatic rings. The SMILES string of the molecule is CC(C)C[C@@H](NC(=O)/C=C/c1ccc(F)cc1)C(=O)N[C@H](CCc1ccccc1)C(=O)Nc1ccnc2cc(Cl)ccc12. The minimum Gasteiger partial charge on any atom is -0.342 e. The largest absolute Gasteiger partial charge is 0.342 e. The highest BCUT2D eigenvalue weighted by Crippen LogP contribution is 2.25. The summed E-state index contributed by atoms with van der Waals surface area (Å²) in [6.07, 6.45) is 5.68. The van der Waals surface area contributed by atoms with Crippen molar-refractivity contribution in [3.63, 3.8) is 0 Å². The van der Waals surface area contributed by atoms with Gasteiger partial charge in [-0.25, -0.2) is 4.39 Å². The van der Waals surface area contributed by atoms with Crippen LogP contribution in [0, 0.1) is 11.7 Å². The highest BCUT2D eigenvalue weighted by molar-refractivity contribution is 6.31. The Hall–Kier alpha value is -4.56. The molecule has 0 saturated carbocycles. The van der Waals surface area contributed by atoms with E-state index in [1.54, 1.807) is 48.7 Å². The smallest absolute Gasteiger partial charge is 0.246 e. The lowest BCUT2D eigenvalue weighted by atomic mass is 10.0.